The maximum atomic E-state index is 12.4. The molecule has 0 bridgehead atoms. The molecule has 1 aliphatic rings. The summed E-state index contributed by atoms with van der Waals surface area (Å²) in [5, 5.41) is 0. The van der Waals surface area contributed by atoms with Crippen LogP contribution in [0.4, 0.5) is 11.4 Å². The van der Waals surface area contributed by atoms with Crippen LogP contribution < -0.4 is 15.2 Å². The van der Waals surface area contributed by atoms with Crippen LogP contribution in [0, 0.1) is 0 Å². The predicted molar refractivity (Wildman–Crippen MR) is 90.5 cm³/mol. The zero-order chi connectivity index (χ0) is 17.2. The van der Waals surface area contributed by atoms with Crippen molar-refractivity contribution in [1.82, 2.24) is 4.98 Å². The number of carbonyl (C=O) groups excluding carboxylic acids is 1. The second kappa shape index (κ2) is 6.48. The molecule has 7 nitrogen and oxygen atoms in total. The molecular formula is C16H17N3O4S. The van der Waals surface area contributed by atoms with Gasteiger partial charge in [0, 0.05) is 30.9 Å². The molecule has 2 aromatic rings. The van der Waals surface area contributed by atoms with Crippen LogP contribution in [0.15, 0.2) is 52.3 Å². The van der Waals surface area contributed by atoms with E-state index in [4.69, 9.17) is 0 Å². The number of amides is 1. The van der Waals surface area contributed by atoms with E-state index in [1.54, 1.807) is 17.0 Å². The lowest BCUT2D eigenvalue weighted by Crippen LogP contribution is -2.35. The Morgan fingerprint density at radius 1 is 1.00 bits per heavy atom. The van der Waals surface area contributed by atoms with E-state index < -0.39 is 10.0 Å². The number of nitrogens with one attached hydrogen (secondary N) is 2. The van der Waals surface area contributed by atoms with Crippen LogP contribution in [0.3, 0.4) is 0 Å². The minimum absolute atomic E-state index is 0.0585. The summed E-state index contributed by atoms with van der Waals surface area (Å²) in [6.45, 7) is 0.653. The van der Waals surface area contributed by atoms with Gasteiger partial charge in [-0.1, -0.05) is 0 Å². The van der Waals surface area contributed by atoms with Crippen molar-refractivity contribution in [1.29, 1.82) is 0 Å². The Kier molecular flexibility index (Phi) is 4.39. The minimum Gasteiger partial charge on any atom is -0.327 e. The summed E-state index contributed by atoms with van der Waals surface area (Å²) in [5.41, 5.74) is 0.654. The summed E-state index contributed by atoms with van der Waals surface area (Å²) < 4.78 is 27.1. The lowest BCUT2D eigenvalue weighted by atomic mass is 10.1. The summed E-state index contributed by atoms with van der Waals surface area (Å²) in [6.07, 6.45) is 3.65. The highest BCUT2D eigenvalue weighted by atomic mass is 32.2. The highest BCUT2D eigenvalue weighted by Crippen LogP contribution is 2.23. The van der Waals surface area contributed by atoms with Crippen molar-refractivity contribution in [2.45, 2.75) is 24.2 Å². The molecule has 1 aromatic heterocycles. The molecule has 126 valence electrons. The largest absolute Gasteiger partial charge is 0.327 e. The van der Waals surface area contributed by atoms with Crippen LogP contribution in [0.5, 0.6) is 0 Å². The van der Waals surface area contributed by atoms with Crippen LogP contribution in [0.1, 0.15) is 19.3 Å². The average Bonchev–Trinajstić information content (AvgIpc) is 2.57. The molecule has 0 unspecified atom stereocenters. The lowest BCUT2D eigenvalue weighted by Gasteiger charge is -2.26. The van der Waals surface area contributed by atoms with Crippen molar-refractivity contribution < 1.29 is 13.2 Å². The Hall–Kier alpha value is -2.61. The number of aromatic amines is 1. The molecule has 2 N–H and O–H groups in total. The van der Waals surface area contributed by atoms with E-state index in [9.17, 15) is 18.0 Å². The number of piperidine rings is 1. The topological polar surface area (TPSA) is 99.3 Å². The third-order valence-electron chi connectivity index (χ3n) is 3.82. The summed E-state index contributed by atoms with van der Waals surface area (Å²) in [6, 6.07) is 8.81. The van der Waals surface area contributed by atoms with Crippen molar-refractivity contribution in [3.8, 4) is 0 Å². The van der Waals surface area contributed by atoms with Gasteiger partial charge in [-0.25, -0.2) is 8.42 Å². The number of pyridine rings is 1. The SMILES string of the molecule is O=C1CCCCN1c1ccc(S(=O)(=O)Nc2ccc(=O)[nH]c2)cc1. The molecule has 0 radical (unpaired) electrons. The number of hydrogen-bond donors (Lipinski definition) is 2. The number of H-pyrrole nitrogens is 1. The van der Waals surface area contributed by atoms with E-state index >= 15 is 0 Å². The molecule has 3 rings (SSSR count). The number of carbonyl (C=O) groups is 1. The smallest absolute Gasteiger partial charge is 0.261 e. The molecule has 0 spiro atoms. The van der Waals surface area contributed by atoms with Crippen molar-refractivity contribution in [3.05, 3.63) is 52.9 Å². The van der Waals surface area contributed by atoms with E-state index in [1.807, 2.05) is 0 Å². The van der Waals surface area contributed by atoms with Crippen LogP contribution in [-0.2, 0) is 14.8 Å². The first-order valence-corrected chi connectivity index (χ1v) is 9.06. The second-order valence-electron chi connectivity index (χ2n) is 5.54. The van der Waals surface area contributed by atoms with Crippen LogP contribution >= 0.6 is 0 Å². The fourth-order valence-corrected chi connectivity index (χ4v) is 3.62. The van der Waals surface area contributed by atoms with Gasteiger partial charge in [0.25, 0.3) is 10.0 Å². The van der Waals surface area contributed by atoms with Gasteiger partial charge < -0.3 is 9.88 Å². The summed E-state index contributed by atoms with van der Waals surface area (Å²) in [7, 11) is -3.76. The van der Waals surface area contributed by atoms with Gasteiger partial charge in [0.15, 0.2) is 0 Å². The first-order valence-electron chi connectivity index (χ1n) is 7.58. The van der Waals surface area contributed by atoms with Gasteiger partial charge in [-0.15, -0.1) is 0 Å². The fourth-order valence-electron chi connectivity index (χ4n) is 2.57. The predicted octanol–water partition coefficient (Wildman–Crippen LogP) is 1.69. The van der Waals surface area contributed by atoms with Gasteiger partial charge in [0.2, 0.25) is 11.5 Å². The van der Waals surface area contributed by atoms with Crippen LogP contribution in [0.25, 0.3) is 0 Å². The maximum absolute atomic E-state index is 12.4. The number of benzene rings is 1. The van der Waals surface area contributed by atoms with E-state index in [2.05, 4.69) is 9.71 Å². The Labute approximate surface area is 139 Å². The number of hydrogen-bond acceptors (Lipinski definition) is 4. The zero-order valence-corrected chi connectivity index (χ0v) is 13.7. The van der Waals surface area contributed by atoms with Gasteiger partial charge in [0.1, 0.15) is 0 Å². The average molecular weight is 347 g/mol. The quantitative estimate of drug-likeness (QED) is 0.879. The fraction of sp³-hybridized carbons (Fsp3) is 0.250. The molecule has 24 heavy (non-hydrogen) atoms. The highest BCUT2D eigenvalue weighted by molar-refractivity contribution is 7.92. The molecule has 1 amide bonds. The first kappa shape index (κ1) is 16.3. The number of anilines is 2. The minimum atomic E-state index is -3.76. The standard InChI is InChI=1S/C16H17N3O4S/c20-15-9-4-12(11-17-15)18-24(22,23)14-7-5-13(6-8-14)19-10-2-1-3-16(19)21/h4-9,11,18H,1-3,10H2,(H,17,20). The Morgan fingerprint density at radius 2 is 1.75 bits per heavy atom. The normalized spacial score (nSPS) is 15.3. The molecule has 8 heteroatoms. The number of rotatable bonds is 4. The Morgan fingerprint density at radius 3 is 2.38 bits per heavy atom. The van der Waals surface area contributed by atoms with E-state index in [0.717, 1.165) is 12.8 Å². The summed E-state index contributed by atoms with van der Waals surface area (Å²) >= 11 is 0. The molecule has 1 aliphatic heterocycles. The molecule has 1 saturated heterocycles. The van der Waals surface area contributed by atoms with E-state index in [0.29, 0.717) is 18.7 Å². The van der Waals surface area contributed by atoms with E-state index in [1.165, 1.54) is 30.5 Å². The van der Waals surface area contributed by atoms with Crippen LogP contribution in [-0.4, -0.2) is 25.9 Å². The third-order valence-corrected chi connectivity index (χ3v) is 5.22. The van der Waals surface area contributed by atoms with Crippen molar-refractivity contribution in [2.75, 3.05) is 16.2 Å². The summed E-state index contributed by atoms with van der Waals surface area (Å²) in [4.78, 5) is 27.1. The molecule has 0 aliphatic carbocycles. The number of aromatic nitrogens is 1. The Bertz CT molecular complexity index is 883. The van der Waals surface area contributed by atoms with Crippen LogP contribution in [0.2, 0.25) is 0 Å². The van der Waals surface area contributed by atoms with Crippen molar-refractivity contribution >= 4 is 27.3 Å². The highest BCUT2D eigenvalue weighted by Gasteiger charge is 2.20. The van der Waals surface area contributed by atoms with Gasteiger partial charge in [0.05, 0.1) is 10.6 Å². The van der Waals surface area contributed by atoms with E-state index in [-0.39, 0.29) is 22.0 Å². The molecular weight excluding hydrogens is 330 g/mol. The molecule has 1 aromatic carbocycles. The monoisotopic (exact) mass is 347 g/mol. The van der Waals surface area contributed by atoms with Crippen molar-refractivity contribution in [2.24, 2.45) is 0 Å². The number of sulfonamides is 1. The van der Waals surface area contributed by atoms with Gasteiger partial charge in [-0.3, -0.25) is 14.3 Å². The lowest BCUT2D eigenvalue weighted by molar-refractivity contribution is -0.119. The molecule has 2 heterocycles. The zero-order valence-electron chi connectivity index (χ0n) is 12.9. The van der Waals surface area contributed by atoms with Gasteiger partial charge in [-0.05, 0) is 43.2 Å². The molecule has 0 atom stereocenters. The number of nitrogens with zero attached hydrogens (tertiary/aromatic N) is 1. The van der Waals surface area contributed by atoms with Gasteiger partial charge >= 0.3 is 0 Å². The third kappa shape index (κ3) is 3.48. The molecule has 1 fully saturated rings. The first-order chi connectivity index (χ1) is 11.5. The second-order valence-corrected chi connectivity index (χ2v) is 7.23. The maximum Gasteiger partial charge on any atom is 0.261 e. The molecule has 0 saturated carbocycles. The van der Waals surface area contributed by atoms with Crippen molar-refractivity contribution in [3.63, 3.8) is 0 Å². The van der Waals surface area contributed by atoms with Gasteiger partial charge in [-0.2, -0.15) is 0 Å². The summed E-state index contributed by atoms with van der Waals surface area (Å²) in [5.74, 6) is 0.0585. The Balaban J connectivity index is 1.80.